The first-order chi connectivity index (χ1) is 2.81. The van der Waals surface area contributed by atoms with Crippen LogP contribution in [0.2, 0.25) is 0 Å². The Hall–Kier alpha value is 0.479. The molecule has 0 amide bonds. The summed E-state index contributed by atoms with van der Waals surface area (Å²) in [5.74, 6) is 0. The van der Waals surface area contributed by atoms with E-state index in [1.54, 1.807) is 0 Å². The topological polar surface area (TPSA) is 3.24 Å². The van der Waals surface area contributed by atoms with E-state index in [-0.39, 0.29) is 0 Å². The number of hydrogen-bond acceptors (Lipinski definition) is 1. The van der Waals surface area contributed by atoms with E-state index in [0.29, 0.717) is 0 Å². The minimum atomic E-state index is 1.05. The molecule has 0 aliphatic carbocycles. The molecule has 0 heterocycles. The molecule has 0 unspecified atom stereocenters. The third-order valence-electron chi connectivity index (χ3n) is 0.671. The molecular weight excluding hydrogens is 118 g/mol. The first kappa shape index (κ1) is 6.48. The molecule has 0 saturated heterocycles. The Morgan fingerprint density at radius 2 is 1.67 bits per heavy atom. The fourth-order valence-electron chi connectivity index (χ4n) is 0.224. The second-order valence-electron chi connectivity index (χ2n) is 1.08. The molecule has 0 aromatic heterocycles. The van der Waals surface area contributed by atoms with Crippen LogP contribution >= 0.6 is 0 Å². The summed E-state index contributed by atoms with van der Waals surface area (Å²) in [6.45, 7) is 6.29. The average molecular weight is 128 g/mol. The minimum absolute atomic E-state index is 1.05. The Morgan fingerprint density at radius 1 is 1.33 bits per heavy atom. The SMILES string of the molecule is CC[N]([Fe])CC. The normalized spacial score (nSPS) is 10.0. The van der Waals surface area contributed by atoms with Gasteiger partial charge in [0.15, 0.2) is 0 Å². The third kappa shape index (κ3) is 2.70. The van der Waals surface area contributed by atoms with Gasteiger partial charge in [-0.05, 0) is 0 Å². The van der Waals surface area contributed by atoms with Gasteiger partial charge in [-0.25, -0.2) is 0 Å². The molecular formula is C4H10FeN. The van der Waals surface area contributed by atoms with Crippen molar-refractivity contribution in [2.45, 2.75) is 13.8 Å². The van der Waals surface area contributed by atoms with Crippen LogP contribution in [0.3, 0.4) is 0 Å². The molecule has 6 heavy (non-hydrogen) atoms. The van der Waals surface area contributed by atoms with Crippen LogP contribution in [0.4, 0.5) is 0 Å². The molecule has 0 rings (SSSR count). The number of nitrogens with zero attached hydrogens (tertiary/aromatic N) is 1. The standard InChI is InChI=1S/C4H10N.Fe/c1-3-5-4-2;/h3-4H2,1-2H3;/q-1;+1. The fraction of sp³-hybridized carbons (Fsp3) is 1.00. The summed E-state index contributed by atoms with van der Waals surface area (Å²) in [5, 5.41) is 0. The second-order valence-corrected chi connectivity index (χ2v) is 1.78. The summed E-state index contributed by atoms with van der Waals surface area (Å²) in [7, 11) is 0. The van der Waals surface area contributed by atoms with Gasteiger partial charge in [-0.1, -0.05) is 0 Å². The van der Waals surface area contributed by atoms with Gasteiger partial charge in [0.25, 0.3) is 0 Å². The van der Waals surface area contributed by atoms with E-state index in [2.05, 4.69) is 30.1 Å². The number of rotatable bonds is 2. The predicted octanol–water partition coefficient (Wildman–Crippen LogP) is 0.790. The zero-order valence-corrected chi connectivity index (χ0v) is 5.32. The van der Waals surface area contributed by atoms with Crippen LogP contribution in [0.1, 0.15) is 13.8 Å². The van der Waals surface area contributed by atoms with Gasteiger partial charge in [0.05, 0.1) is 0 Å². The van der Waals surface area contributed by atoms with Crippen LogP contribution in [-0.4, -0.2) is 17.0 Å². The van der Waals surface area contributed by atoms with E-state index in [0.717, 1.165) is 13.1 Å². The van der Waals surface area contributed by atoms with Gasteiger partial charge < -0.3 is 0 Å². The van der Waals surface area contributed by atoms with Gasteiger partial charge in [-0.2, -0.15) is 0 Å². The summed E-state index contributed by atoms with van der Waals surface area (Å²) in [5.41, 5.74) is 0. The van der Waals surface area contributed by atoms with Gasteiger partial charge in [0.2, 0.25) is 0 Å². The van der Waals surface area contributed by atoms with Crippen molar-refractivity contribution in [1.29, 1.82) is 0 Å². The van der Waals surface area contributed by atoms with E-state index in [1.165, 1.54) is 0 Å². The monoisotopic (exact) mass is 128 g/mol. The molecule has 0 saturated carbocycles. The zero-order valence-electron chi connectivity index (χ0n) is 4.21. The summed E-state index contributed by atoms with van der Waals surface area (Å²) < 4.78 is 2.00. The molecule has 2 heteroatoms. The van der Waals surface area contributed by atoms with Crippen LogP contribution in [0.5, 0.6) is 0 Å². The maximum atomic E-state index is 3.71. The Labute approximate surface area is 47.7 Å². The zero-order chi connectivity index (χ0) is 4.99. The van der Waals surface area contributed by atoms with Crippen LogP contribution < -0.4 is 0 Å². The van der Waals surface area contributed by atoms with Crippen molar-refractivity contribution in [3.63, 3.8) is 0 Å². The molecule has 0 aromatic carbocycles. The Morgan fingerprint density at radius 3 is 1.67 bits per heavy atom. The Bertz CT molecular complexity index is 26.7. The summed E-state index contributed by atoms with van der Waals surface area (Å²) >= 11 is 3.71. The fourth-order valence-corrected chi connectivity index (χ4v) is 0.224. The van der Waals surface area contributed by atoms with Crippen LogP contribution in [0.15, 0.2) is 0 Å². The molecule has 0 atom stereocenters. The molecule has 0 aliphatic rings. The van der Waals surface area contributed by atoms with Crippen molar-refractivity contribution < 1.29 is 16.2 Å². The summed E-state index contributed by atoms with van der Waals surface area (Å²) in [6, 6.07) is 0. The van der Waals surface area contributed by atoms with Crippen LogP contribution in [0, 0.1) is 0 Å². The molecule has 0 radical (unpaired) electrons. The van der Waals surface area contributed by atoms with Crippen molar-refractivity contribution in [3.05, 3.63) is 0 Å². The van der Waals surface area contributed by atoms with E-state index < -0.39 is 0 Å². The predicted molar refractivity (Wildman–Crippen MR) is 22.9 cm³/mol. The molecule has 0 fully saturated rings. The van der Waals surface area contributed by atoms with Gasteiger partial charge in [-0.3, -0.25) is 0 Å². The maximum absolute atomic E-state index is 3.71. The van der Waals surface area contributed by atoms with E-state index >= 15 is 0 Å². The third-order valence-corrected chi connectivity index (χ3v) is 1.37. The van der Waals surface area contributed by atoms with Gasteiger partial charge in [0, 0.05) is 0 Å². The van der Waals surface area contributed by atoms with E-state index in [1.807, 2.05) is 3.92 Å². The quantitative estimate of drug-likeness (QED) is 0.497. The van der Waals surface area contributed by atoms with Gasteiger partial charge in [0.1, 0.15) is 0 Å². The summed E-state index contributed by atoms with van der Waals surface area (Å²) in [6.07, 6.45) is 0. The summed E-state index contributed by atoms with van der Waals surface area (Å²) in [4.78, 5) is 0. The van der Waals surface area contributed by atoms with Crippen LogP contribution in [-0.2, 0) is 16.2 Å². The molecule has 39 valence electrons. The van der Waals surface area contributed by atoms with Crippen LogP contribution in [0.25, 0.3) is 0 Å². The first-order valence-electron chi connectivity index (χ1n) is 2.20. The van der Waals surface area contributed by atoms with Crippen molar-refractivity contribution in [2.75, 3.05) is 13.1 Å². The second kappa shape index (κ2) is 3.66. The van der Waals surface area contributed by atoms with Crippen molar-refractivity contribution >= 4 is 0 Å². The molecule has 0 N–H and O–H groups in total. The van der Waals surface area contributed by atoms with Crippen molar-refractivity contribution in [1.82, 2.24) is 3.92 Å². The average Bonchev–Trinajstić information content (AvgIpc) is 1.65. The van der Waals surface area contributed by atoms with Gasteiger partial charge >= 0.3 is 47.1 Å². The van der Waals surface area contributed by atoms with Gasteiger partial charge in [-0.15, -0.1) is 0 Å². The van der Waals surface area contributed by atoms with Crippen molar-refractivity contribution in [3.8, 4) is 0 Å². The van der Waals surface area contributed by atoms with Crippen molar-refractivity contribution in [2.24, 2.45) is 0 Å². The Kier molecular flexibility index (Phi) is 3.95. The molecule has 0 aromatic rings. The molecule has 0 bridgehead atoms. The number of hydrogen-bond donors (Lipinski definition) is 0. The molecule has 1 nitrogen and oxygen atoms in total. The first-order valence-corrected chi connectivity index (χ1v) is 2.70. The Balaban J connectivity index is 2.75. The van der Waals surface area contributed by atoms with E-state index in [9.17, 15) is 0 Å². The molecule has 0 aliphatic heterocycles. The van der Waals surface area contributed by atoms with E-state index in [4.69, 9.17) is 0 Å². The molecule has 0 spiro atoms.